The van der Waals surface area contributed by atoms with Crippen LogP contribution in [0.4, 0.5) is 0 Å². The van der Waals surface area contributed by atoms with Gasteiger partial charge in [-0.1, -0.05) is 44.2 Å². The zero-order valence-electron chi connectivity index (χ0n) is 15.2. The molecule has 0 N–H and O–H groups in total. The summed E-state index contributed by atoms with van der Waals surface area (Å²) in [6.45, 7) is 5.80. The van der Waals surface area contributed by atoms with Crippen LogP contribution >= 0.6 is 0 Å². The van der Waals surface area contributed by atoms with Gasteiger partial charge in [-0.05, 0) is 18.4 Å². The number of rotatable bonds is 4. The van der Waals surface area contributed by atoms with E-state index < -0.39 is 0 Å². The minimum absolute atomic E-state index is 0.00556. The smallest absolute Gasteiger partial charge is 0.342 e. The van der Waals surface area contributed by atoms with Crippen LogP contribution in [-0.2, 0) is 18.4 Å². The molecule has 0 saturated carbocycles. The molecule has 1 aromatic carbocycles. The summed E-state index contributed by atoms with van der Waals surface area (Å²) in [7, 11) is 1.69. The van der Waals surface area contributed by atoms with Crippen molar-refractivity contribution in [3.63, 3.8) is 0 Å². The second-order valence-corrected chi connectivity index (χ2v) is 7.11. The first-order valence-corrected chi connectivity index (χ1v) is 8.93. The SMILES string of the molecule is CC(C)C(=O)N1CCCC(c2nn(C)c(=O)n2Cc2ccccc2)C1. The number of aromatic nitrogens is 3. The summed E-state index contributed by atoms with van der Waals surface area (Å²) in [5.41, 5.74) is 0.968. The lowest BCUT2D eigenvalue weighted by Crippen LogP contribution is -2.42. The average Bonchev–Trinajstić information content (AvgIpc) is 2.90. The number of likely N-dealkylation sites (tertiary alicyclic amines) is 1. The number of aryl methyl sites for hydroxylation is 1. The standard InChI is InChI=1S/C19H26N4O2/c1-14(2)18(24)22-11-7-10-16(13-22)17-20-21(3)19(25)23(17)12-15-8-5-4-6-9-15/h4-6,8-9,14,16H,7,10-13H2,1-3H3. The first kappa shape index (κ1) is 17.5. The third-order valence-electron chi connectivity index (χ3n) is 4.81. The van der Waals surface area contributed by atoms with Crippen LogP contribution in [0.3, 0.4) is 0 Å². The van der Waals surface area contributed by atoms with Gasteiger partial charge in [0.1, 0.15) is 5.82 Å². The molecular formula is C19H26N4O2. The number of nitrogens with zero attached hydrogens (tertiary/aromatic N) is 4. The molecule has 1 amide bonds. The summed E-state index contributed by atoms with van der Waals surface area (Å²) >= 11 is 0. The Kier molecular flexibility index (Phi) is 5.06. The van der Waals surface area contributed by atoms with Crippen LogP contribution in [0.1, 0.15) is 44.0 Å². The van der Waals surface area contributed by atoms with Crippen molar-refractivity contribution < 1.29 is 4.79 Å². The van der Waals surface area contributed by atoms with Crippen LogP contribution in [0.25, 0.3) is 0 Å². The molecule has 3 rings (SSSR count). The number of benzene rings is 1. The van der Waals surface area contributed by atoms with Gasteiger partial charge in [0.15, 0.2) is 0 Å². The lowest BCUT2D eigenvalue weighted by molar-refractivity contribution is -0.135. The maximum absolute atomic E-state index is 12.5. The number of hydrogen-bond acceptors (Lipinski definition) is 3. The van der Waals surface area contributed by atoms with E-state index in [1.165, 1.54) is 4.68 Å². The van der Waals surface area contributed by atoms with Gasteiger partial charge >= 0.3 is 5.69 Å². The number of carbonyl (C=O) groups is 1. The van der Waals surface area contributed by atoms with E-state index in [4.69, 9.17) is 0 Å². The first-order valence-electron chi connectivity index (χ1n) is 8.93. The lowest BCUT2D eigenvalue weighted by Gasteiger charge is -2.33. The lowest BCUT2D eigenvalue weighted by atomic mass is 9.96. The molecule has 1 saturated heterocycles. The molecule has 2 heterocycles. The van der Waals surface area contributed by atoms with Gasteiger partial charge in [-0.25, -0.2) is 9.48 Å². The fourth-order valence-corrected chi connectivity index (χ4v) is 3.49. The van der Waals surface area contributed by atoms with Gasteiger partial charge in [0.25, 0.3) is 0 Å². The maximum atomic E-state index is 12.5. The third-order valence-corrected chi connectivity index (χ3v) is 4.81. The molecule has 1 aliphatic rings. The minimum atomic E-state index is -0.105. The van der Waals surface area contributed by atoms with Crippen molar-refractivity contribution in [3.8, 4) is 0 Å². The van der Waals surface area contributed by atoms with E-state index in [1.54, 1.807) is 11.6 Å². The van der Waals surface area contributed by atoms with Crippen molar-refractivity contribution in [3.05, 3.63) is 52.2 Å². The Morgan fingerprint density at radius 2 is 2.00 bits per heavy atom. The Bertz CT molecular complexity index is 792. The van der Waals surface area contributed by atoms with Gasteiger partial charge < -0.3 is 4.90 Å². The van der Waals surface area contributed by atoms with Crippen molar-refractivity contribution in [2.75, 3.05) is 13.1 Å². The van der Waals surface area contributed by atoms with Crippen LogP contribution in [0.5, 0.6) is 0 Å². The molecule has 1 unspecified atom stereocenters. The molecule has 1 aliphatic heterocycles. The topological polar surface area (TPSA) is 60.1 Å². The predicted molar refractivity (Wildman–Crippen MR) is 96.4 cm³/mol. The molecular weight excluding hydrogens is 316 g/mol. The van der Waals surface area contributed by atoms with E-state index in [9.17, 15) is 9.59 Å². The van der Waals surface area contributed by atoms with Crippen molar-refractivity contribution in [1.82, 2.24) is 19.2 Å². The van der Waals surface area contributed by atoms with Crippen LogP contribution in [0.15, 0.2) is 35.1 Å². The van der Waals surface area contributed by atoms with Gasteiger partial charge in [0.05, 0.1) is 6.54 Å². The summed E-state index contributed by atoms with van der Waals surface area (Å²) in [6, 6.07) is 9.93. The fraction of sp³-hybridized carbons (Fsp3) is 0.526. The number of amides is 1. The van der Waals surface area contributed by atoms with Gasteiger partial charge in [0.2, 0.25) is 5.91 Å². The monoisotopic (exact) mass is 342 g/mol. The van der Waals surface area contributed by atoms with E-state index in [1.807, 2.05) is 49.1 Å². The Morgan fingerprint density at radius 3 is 2.68 bits per heavy atom. The number of carbonyl (C=O) groups excluding carboxylic acids is 1. The highest BCUT2D eigenvalue weighted by Gasteiger charge is 2.30. The predicted octanol–water partition coefficient (Wildman–Crippen LogP) is 1.99. The van der Waals surface area contributed by atoms with E-state index in [0.29, 0.717) is 13.1 Å². The molecule has 0 aliphatic carbocycles. The van der Waals surface area contributed by atoms with Crippen molar-refractivity contribution in [2.24, 2.45) is 13.0 Å². The number of hydrogen-bond donors (Lipinski definition) is 0. The van der Waals surface area contributed by atoms with Gasteiger partial charge in [-0.2, -0.15) is 5.10 Å². The third kappa shape index (κ3) is 3.67. The molecule has 134 valence electrons. The summed E-state index contributed by atoms with van der Waals surface area (Å²) in [6.07, 6.45) is 1.90. The Labute approximate surface area is 148 Å². The molecule has 6 nitrogen and oxygen atoms in total. The zero-order valence-corrected chi connectivity index (χ0v) is 15.2. The molecule has 1 aromatic heterocycles. The highest BCUT2D eigenvalue weighted by atomic mass is 16.2. The van der Waals surface area contributed by atoms with Crippen molar-refractivity contribution >= 4 is 5.91 Å². The molecule has 0 spiro atoms. The summed E-state index contributed by atoms with van der Waals surface area (Å²) in [4.78, 5) is 26.8. The quantitative estimate of drug-likeness (QED) is 0.854. The van der Waals surface area contributed by atoms with Crippen molar-refractivity contribution in [1.29, 1.82) is 0 Å². The van der Waals surface area contributed by atoms with Crippen molar-refractivity contribution in [2.45, 2.75) is 39.2 Å². The van der Waals surface area contributed by atoms with Gasteiger partial charge in [-0.15, -0.1) is 0 Å². The van der Waals surface area contributed by atoms with E-state index in [-0.39, 0.29) is 23.4 Å². The highest BCUT2D eigenvalue weighted by molar-refractivity contribution is 5.78. The normalized spacial score (nSPS) is 17.9. The molecule has 0 bridgehead atoms. The molecule has 0 radical (unpaired) electrons. The molecule has 6 heteroatoms. The van der Waals surface area contributed by atoms with Gasteiger partial charge in [-0.3, -0.25) is 9.36 Å². The van der Waals surface area contributed by atoms with Crippen LogP contribution < -0.4 is 5.69 Å². The molecule has 25 heavy (non-hydrogen) atoms. The minimum Gasteiger partial charge on any atom is -0.342 e. The first-order chi connectivity index (χ1) is 12.0. The van der Waals surface area contributed by atoms with Crippen LogP contribution in [0.2, 0.25) is 0 Å². The number of piperidine rings is 1. The Morgan fingerprint density at radius 1 is 1.28 bits per heavy atom. The summed E-state index contributed by atoms with van der Waals surface area (Å²) < 4.78 is 3.16. The summed E-state index contributed by atoms with van der Waals surface area (Å²) in [5, 5.41) is 4.50. The van der Waals surface area contributed by atoms with Crippen LogP contribution in [0, 0.1) is 5.92 Å². The van der Waals surface area contributed by atoms with Gasteiger partial charge in [0, 0.05) is 32.0 Å². The summed E-state index contributed by atoms with van der Waals surface area (Å²) in [5.74, 6) is 1.07. The van der Waals surface area contributed by atoms with Crippen LogP contribution in [-0.4, -0.2) is 38.2 Å². The highest BCUT2D eigenvalue weighted by Crippen LogP contribution is 2.26. The Hall–Kier alpha value is -2.37. The molecule has 1 atom stereocenters. The molecule has 2 aromatic rings. The second-order valence-electron chi connectivity index (χ2n) is 7.11. The van der Waals surface area contributed by atoms with E-state index >= 15 is 0 Å². The average molecular weight is 342 g/mol. The second kappa shape index (κ2) is 7.25. The fourth-order valence-electron chi connectivity index (χ4n) is 3.49. The van der Waals surface area contributed by atoms with E-state index in [0.717, 1.165) is 30.8 Å². The maximum Gasteiger partial charge on any atom is 0.345 e. The van der Waals surface area contributed by atoms with E-state index in [2.05, 4.69) is 5.10 Å². The zero-order chi connectivity index (χ0) is 18.0. The largest absolute Gasteiger partial charge is 0.345 e. The Balaban J connectivity index is 1.88. The molecule has 1 fully saturated rings.